The van der Waals surface area contributed by atoms with Gasteiger partial charge in [0.05, 0.1) is 6.10 Å². The molecule has 0 spiro atoms. The van der Waals surface area contributed by atoms with Gasteiger partial charge < -0.3 is 21.1 Å². The van der Waals surface area contributed by atoms with Crippen LogP contribution in [0.4, 0.5) is 11.4 Å². The molecular formula is C16H27N3O2. The molecule has 5 nitrogen and oxygen atoms in total. The van der Waals surface area contributed by atoms with Crippen LogP contribution >= 0.6 is 0 Å². The normalized spacial score (nSPS) is 12.4. The maximum atomic E-state index is 11.9. The van der Waals surface area contributed by atoms with Crippen LogP contribution in [0.5, 0.6) is 0 Å². The average Bonchev–Trinajstić information content (AvgIpc) is 2.40. The van der Waals surface area contributed by atoms with E-state index >= 15 is 0 Å². The summed E-state index contributed by atoms with van der Waals surface area (Å²) in [5.74, 6) is 0.00706. The largest absolute Gasteiger partial charge is 0.399 e. The van der Waals surface area contributed by atoms with Gasteiger partial charge in [-0.15, -0.1) is 0 Å². The highest BCUT2D eigenvalue weighted by atomic mass is 16.3. The number of nitrogens with zero attached hydrogens (tertiary/aromatic N) is 1. The minimum atomic E-state index is -0.276. The Balaban J connectivity index is 2.29. The molecule has 0 aliphatic carbocycles. The second kappa shape index (κ2) is 8.64. The molecule has 1 aromatic rings. The van der Waals surface area contributed by atoms with Gasteiger partial charge in [0.1, 0.15) is 0 Å². The van der Waals surface area contributed by atoms with Crippen molar-refractivity contribution in [1.82, 2.24) is 4.90 Å². The van der Waals surface area contributed by atoms with Gasteiger partial charge in [0, 0.05) is 24.3 Å². The van der Waals surface area contributed by atoms with Gasteiger partial charge in [-0.3, -0.25) is 4.79 Å². The monoisotopic (exact) mass is 293 g/mol. The first-order valence-corrected chi connectivity index (χ1v) is 7.41. The van der Waals surface area contributed by atoms with Crippen LogP contribution in [0.25, 0.3) is 0 Å². The molecule has 0 bridgehead atoms. The third kappa shape index (κ3) is 7.11. The van der Waals surface area contributed by atoms with Gasteiger partial charge in [-0.25, -0.2) is 0 Å². The summed E-state index contributed by atoms with van der Waals surface area (Å²) in [6, 6.07) is 5.50. The molecule has 1 atom stereocenters. The molecule has 5 heteroatoms. The molecule has 21 heavy (non-hydrogen) atoms. The van der Waals surface area contributed by atoms with Crippen molar-refractivity contribution in [3.63, 3.8) is 0 Å². The summed E-state index contributed by atoms with van der Waals surface area (Å²) in [7, 11) is 2.00. The average molecular weight is 293 g/mol. The second-order valence-electron chi connectivity index (χ2n) is 5.67. The Kier molecular flexibility index (Phi) is 7.19. The van der Waals surface area contributed by atoms with E-state index in [0.717, 1.165) is 37.2 Å². The first-order valence-electron chi connectivity index (χ1n) is 7.41. The molecule has 4 N–H and O–H groups in total. The SMILES string of the molecule is Cc1ccc(N)cc1NC(=O)CCCN(C)CCC(C)O. The number of rotatable bonds is 8. The van der Waals surface area contributed by atoms with Crippen molar-refractivity contribution in [2.24, 2.45) is 0 Å². The van der Waals surface area contributed by atoms with Crippen LogP contribution in [-0.4, -0.2) is 42.2 Å². The molecule has 0 radical (unpaired) electrons. The molecule has 0 aliphatic heterocycles. The third-order valence-corrected chi connectivity index (χ3v) is 3.41. The quantitative estimate of drug-likeness (QED) is 0.641. The minimum absolute atomic E-state index is 0.00706. The maximum Gasteiger partial charge on any atom is 0.224 e. The molecule has 0 saturated heterocycles. The molecular weight excluding hydrogens is 266 g/mol. The zero-order chi connectivity index (χ0) is 15.8. The molecule has 1 unspecified atom stereocenters. The van der Waals surface area contributed by atoms with Crippen molar-refractivity contribution in [2.75, 3.05) is 31.2 Å². The Morgan fingerprint density at radius 3 is 2.81 bits per heavy atom. The van der Waals surface area contributed by atoms with E-state index in [4.69, 9.17) is 5.73 Å². The van der Waals surface area contributed by atoms with Crippen molar-refractivity contribution in [1.29, 1.82) is 0 Å². The van der Waals surface area contributed by atoms with Crippen molar-refractivity contribution in [2.45, 2.75) is 39.2 Å². The molecule has 1 amide bonds. The van der Waals surface area contributed by atoms with Crippen LogP contribution in [-0.2, 0) is 4.79 Å². The first-order chi connectivity index (χ1) is 9.88. The third-order valence-electron chi connectivity index (χ3n) is 3.41. The molecule has 0 heterocycles. The summed E-state index contributed by atoms with van der Waals surface area (Å²) < 4.78 is 0. The van der Waals surface area contributed by atoms with Crippen molar-refractivity contribution in [3.05, 3.63) is 23.8 Å². The number of aliphatic hydroxyl groups is 1. The number of aliphatic hydroxyl groups excluding tert-OH is 1. The number of hydrogen-bond acceptors (Lipinski definition) is 4. The fraction of sp³-hybridized carbons (Fsp3) is 0.562. The molecule has 1 rings (SSSR count). The van der Waals surface area contributed by atoms with E-state index in [1.54, 1.807) is 13.0 Å². The van der Waals surface area contributed by atoms with Crippen LogP contribution in [0.3, 0.4) is 0 Å². The lowest BCUT2D eigenvalue weighted by molar-refractivity contribution is -0.116. The Hall–Kier alpha value is -1.59. The summed E-state index contributed by atoms with van der Waals surface area (Å²) >= 11 is 0. The number of nitrogens with one attached hydrogen (secondary N) is 1. The summed E-state index contributed by atoms with van der Waals surface area (Å²) in [6.45, 7) is 5.41. The summed E-state index contributed by atoms with van der Waals surface area (Å²) in [6.07, 6.45) is 1.75. The predicted octanol–water partition coefficient (Wildman–Crippen LogP) is 2.00. The summed E-state index contributed by atoms with van der Waals surface area (Å²) in [5, 5.41) is 12.1. The molecule has 0 saturated carbocycles. The number of benzene rings is 1. The van der Waals surface area contributed by atoms with Gasteiger partial charge in [-0.2, -0.15) is 0 Å². The number of carbonyl (C=O) groups is 1. The lowest BCUT2D eigenvalue weighted by atomic mass is 10.1. The van der Waals surface area contributed by atoms with E-state index in [1.807, 2.05) is 26.1 Å². The van der Waals surface area contributed by atoms with Gasteiger partial charge >= 0.3 is 0 Å². The molecule has 118 valence electrons. The summed E-state index contributed by atoms with van der Waals surface area (Å²) in [4.78, 5) is 14.0. The van der Waals surface area contributed by atoms with Crippen molar-refractivity contribution < 1.29 is 9.90 Å². The fourth-order valence-electron chi connectivity index (χ4n) is 2.02. The van der Waals surface area contributed by atoms with Crippen LogP contribution < -0.4 is 11.1 Å². The predicted molar refractivity (Wildman–Crippen MR) is 87.2 cm³/mol. The van der Waals surface area contributed by atoms with E-state index in [2.05, 4.69) is 10.2 Å². The van der Waals surface area contributed by atoms with Crippen LogP contribution in [0, 0.1) is 6.92 Å². The fourth-order valence-corrected chi connectivity index (χ4v) is 2.02. The van der Waals surface area contributed by atoms with Crippen LogP contribution in [0.1, 0.15) is 31.7 Å². The van der Waals surface area contributed by atoms with Gasteiger partial charge in [0.2, 0.25) is 5.91 Å². The van der Waals surface area contributed by atoms with E-state index in [0.29, 0.717) is 12.1 Å². The number of anilines is 2. The van der Waals surface area contributed by atoms with Crippen LogP contribution in [0.15, 0.2) is 18.2 Å². The highest BCUT2D eigenvalue weighted by Crippen LogP contribution is 2.18. The molecule has 0 fully saturated rings. The Morgan fingerprint density at radius 1 is 1.43 bits per heavy atom. The van der Waals surface area contributed by atoms with Gasteiger partial charge in [0.15, 0.2) is 0 Å². The Bertz CT molecular complexity index is 461. The maximum absolute atomic E-state index is 11.9. The number of carbonyl (C=O) groups excluding carboxylic acids is 1. The zero-order valence-corrected chi connectivity index (χ0v) is 13.2. The van der Waals surface area contributed by atoms with Gasteiger partial charge in [-0.1, -0.05) is 6.07 Å². The second-order valence-corrected chi connectivity index (χ2v) is 5.67. The number of amides is 1. The molecule has 1 aromatic carbocycles. The van der Waals surface area contributed by atoms with E-state index in [1.165, 1.54) is 0 Å². The lowest BCUT2D eigenvalue weighted by Crippen LogP contribution is -2.24. The van der Waals surface area contributed by atoms with Crippen LogP contribution in [0.2, 0.25) is 0 Å². The summed E-state index contributed by atoms with van der Waals surface area (Å²) in [5.41, 5.74) is 8.16. The van der Waals surface area contributed by atoms with E-state index in [-0.39, 0.29) is 12.0 Å². The highest BCUT2D eigenvalue weighted by molar-refractivity contribution is 5.91. The number of nitrogens with two attached hydrogens (primary N) is 1. The Labute approximate surface area is 127 Å². The van der Waals surface area contributed by atoms with Crippen molar-refractivity contribution in [3.8, 4) is 0 Å². The standard InChI is InChI=1S/C16H27N3O2/c1-12-6-7-14(17)11-15(12)18-16(21)5-4-9-19(3)10-8-13(2)20/h6-7,11,13,20H,4-5,8-10,17H2,1-3H3,(H,18,21). The van der Waals surface area contributed by atoms with Gasteiger partial charge in [0.25, 0.3) is 0 Å². The smallest absolute Gasteiger partial charge is 0.224 e. The van der Waals surface area contributed by atoms with E-state index < -0.39 is 0 Å². The lowest BCUT2D eigenvalue weighted by Gasteiger charge is -2.17. The van der Waals surface area contributed by atoms with E-state index in [9.17, 15) is 9.90 Å². The number of aryl methyl sites for hydroxylation is 1. The highest BCUT2D eigenvalue weighted by Gasteiger charge is 2.07. The zero-order valence-electron chi connectivity index (χ0n) is 13.2. The number of nitrogen functional groups attached to an aromatic ring is 1. The Morgan fingerprint density at radius 2 is 2.14 bits per heavy atom. The van der Waals surface area contributed by atoms with Gasteiger partial charge in [-0.05, 0) is 58.0 Å². The minimum Gasteiger partial charge on any atom is -0.399 e. The number of hydrogen-bond donors (Lipinski definition) is 3. The topological polar surface area (TPSA) is 78.6 Å². The first kappa shape index (κ1) is 17.5. The molecule has 0 aromatic heterocycles. The molecule has 0 aliphatic rings. The van der Waals surface area contributed by atoms with Crippen molar-refractivity contribution >= 4 is 17.3 Å².